The molecule has 0 aromatic heterocycles. The number of aliphatic hydroxyl groups excluding tert-OH is 1. The molecule has 2 N–H and O–H groups in total. The van der Waals surface area contributed by atoms with Gasteiger partial charge < -0.3 is 15.2 Å². The van der Waals surface area contributed by atoms with Crippen molar-refractivity contribution in [3.8, 4) is 11.8 Å². The highest BCUT2D eigenvalue weighted by Gasteiger charge is 2.08. The Morgan fingerprint density at radius 2 is 2.35 bits per heavy atom. The lowest BCUT2D eigenvalue weighted by Gasteiger charge is -2.12. The number of rotatable bonds is 5. The molecule has 0 saturated heterocycles. The topological polar surface area (TPSA) is 82.3 Å². The molecule has 0 bridgehead atoms. The van der Waals surface area contributed by atoms with Crippen LogP contribution in [0.25, 0.3) is 0 Å². The van der Waals surface area contributed by atoms with E-state index in [-0.39, 0.29) is 25.7 Å². The molecule has 0 radical (unpaired) electrons. The number of nitrogens with one attached hydrogen (secondary N) is 1. The van der Waals surface area contributed by atoms with Crippen LogP contribution in [0.3, 0.4) is 0 Å². The van der Waals surface area contributed by atoms with Crippen molar-refractivity contribution < 1.29 is 14.6 Å². The zero-order valence-electron chi connectivity index (χ0n) is 9.56. The Labute approximate surface area is 99.6 Å². The Hall–Kier alpha value is -2.06. The standard InChI is InChI=1S/C12H14N2O3/c1-9-3-2-4-10(7-15)12(9)17-8-11(16)14-6-5-13/h2-4,15H,6-8H2,1H3,(H,14,16). The van der Waals surface area contributed by atoms with Crippen LogP contribution in [-0.2, 0) is 11.4 Å². The SMILES string of the molecule is Cc1cccc(CO)c1OCC(=O)NCC#N. The lowest BCUT2D eigenvalue weighted by molar-refractivity contribution is -0.122. The lowest BCUT2D eigenvalue weighted by atomic mass is 10.1. The molecule has 1 rings (SSSR count). The van der Waals surface area contributed by atoms with Crippen LogP contribution in [0.15, 0.2) is 18.2 Å². The molecule has 0 unspecified atom stereocenters. The predicted octanol–water partition coefficient (Wildman–Crippen LogP) is 0.506. The van der Waals surface area contributed by atoms with Gasteiger partial charge in [0.1, 0.15) is 12.3 Å². The normalized spacial score (nSPS) is 9.47. The van der Waals surface area contributed by atoms with E-state index in [1.54, 1.807) is 12.1 Å². The number of amides is 1. The smallest absolute Gasteiger partial charge is 0.258 e. The van der Waals surface area contributed by atoms with Crippen molar-refractivity contribution >= 4 is 5.91 Å². The number of aliphatic hydroxyl groups is 1. The summed E-state index contributed by atoms with van der Waals surface area (Å²) in [5, 5.41) is 19.8. The maximum atomic E-state index is 11.2. The summed E-state index contributed by atoms with van der Waals surface area (Å²) in [6, 6.07) is 7.18. The van der Waals surface area contributed by atoms with E-state index in [1.165, 1.54) is 0 Å². The lowest BCUT2D eigenvalue weighted by Crippen LogP contribution is -2.29. The van der Waals surface area contributed by atoms with E-state index in [2.05, 4.69) is 5.32 Å². The summed E-state index contributed by atoms with van der Waals surface area (Å²) in [5.74, 6) is 0.154. The fourth-order valence-electron chi connectivity index (χ4n) is 1.37. The first-order valence-corrected chi connectivity index (χ1v) is 5.14. The number of aryl methyl sites for hydroxylation is 1. The number of para-hydroxylation sites is 1. The van der Waals surface area contributed by atoms with Crippen molar-refractivity contribution in [2.75, 3.05) is 13.2 Å². The van der Waals surface area contributed by atoms with Gasteiger partial charge in [-0.05, 0) is 12.5 Å². The quantitative estimate of drug-likeness (QED) is 0.727. The number of nitrogens with zero attached hydrogens (tertiary/aromatic N) is 1. The molecule has 0 fully saturated rings. The average Bonchev–Trinajstić information content (AvgIpc) is 2.34. The molecule has 1 aromatic carbocycles. The molecule has 0 aliphatic rings. The largest absolute Gasteiger partial charge is 0.483 e. The van der Waals surface area contributed by atoms with E-state index in [1.807, 2.05) is 19.1 Å². The molecule has 0 saturated carbocycles. The summed E-state index contributed by atoms with van der Waals surface area (Å²) in [4.78, 5) is 11.2. The van der Waals surface area contributed by atoms with E-state index in [0.717, 1.165) is 5.56 Å². The molecule has 5 heteroatoms. The van der Waals surface area contributed by atoms with E-state index in [9.17, 15) is 4.79 Å². The van der Waals surface area contributed by atoms with Crippen molar-refractivity contribution in [2.45, 2.75) is 13.5 Å². The number of nitriles is 1. The van der Waals surface area contributed by atoms with Crippen LogP contribution in [0.1, 0.15) is 11.1 Å². The number of carbonyl (C=O) groups is 1. The molecule has 5 nitrogen and oxygen atoms in total. The van der Waals surface area contributed by atoms with Crippen LogP contribution < -0.4 is 10.1 Å². The van der Waals surface area contributed by atoms with Crippen molar-refractivity contribution in [3.63, 3.8) is 0 Å². The van der Waals surface area contributed by atoms with E-state index in [0.29, 0.717) is 11.3 Å². The zero-order chi connectivity index (χ0) is 12.7. The van der Waals surface area contributed by atoms with Gasteiger partial charge in [0.15, 0.2) is 6.61 Å². The second-order valence-electron chi connectivity index (χ2n) is 3.44. The number of benzene rings is 1. The summed E-state index contributed by atoms with van der Waals surface area (Å²) in [5.41, 5.74) is 1.49. The van der Waals surface area contributed by atoms with Gasteiger partial charge in [-0.15, -0.1) is 0 Å². The third-order valence-electron chi connectivity index (χ3n) is 2.18. The number of hydrogen-bond acceptors (Lipinski definition) is 4. The molecular weight excluding hydrogens is 220 g/mol. The Bertz CT molecular complexity index is 438. The molecular formula is C12H14N2O3. The van der Waals surface area contributed by atoms with E-state index < -0.39 is 0 Å². The average molecular weight is 234 g/mol. The van der Waals surface area contributed by atoms with Crippen molar-refractivity contribution in [1.82, 2.24) is 5.32 Å². The number of carbonyl (C=O) groups excluding carboxylic acids is 1. The fraction of sp³-hybridized carbons (Fsp3) is 0.333. The van der Waals surface area contributed by atoms with Crippen molar-refractivity contribution in [1.29, 1.82) is 5.26 Å². The Balaban J connectivity index is 2.63. The van der Waals surface area contributed by atoms with Gasteiger partial charge in [0.2, 0.25) is 0 Å². The van der Waals surface area contributed by atoms with Gasteiger partial charge in [-0.25, -0.2) is 0 Å². The monoisotopic (exact) mass is 234 g/mol. The first-order valence-electron chi connectivity index (χ1n) is 5.14. The minimum absolute atomic E-state index is 0.0389. The molecule has 0 aliphatic carbocycles. The second kappa shape index (κ2) is 6.51. The molecule has 0 atom stereocenters. The highest BCUT2D eigenvalue weighted by molar-refractivity contribution is 5.77. The molecule has 90 valence electrons. The minimum atomic E-state index is -0.362. The highest BCUT2D eigenvalue weighted by Crippen LogP contribution is 2.23. The van der Waals surface area contributed by atoms with Crippen LogP contribution in [0, 0.1) is 18.3 Å². The van der Waals surface area contributed by atoms with E-state index >= 15 is 0 Å². The highest BCUT2D eigenvalue weighted by atomic mass is 16.5. The first-order chi connectivity index (χ1) is 8.19. The number of ether oxygens (including phenoxy) is 1. The number of hydrogen-bond donors (Lipinski definition) is 2. The predicted molar refractivity (Wildman–Crippen MR) is 61.2 cm³/mol. The fourth-order valence-corrected chi connectivity index (χ4v) is 1.37. The first kappa shape index (κ1) is 13.0. The molecule has 17 heavy (non-hydrogen) atoms. The Kier molecular flexibility index (Phi) is 4.98. The van der Waals surface area contributed by atoms with Crippen LogP contribution in [-0.4, -0.2) is 24.2 Å². The Morgan fingerprint density at radius 1 is 1.59 bits per heavy atom. The molecule has 0 spiro atoms. The minimum Gasteiger partial charge on any atom is -0.483 e. The van der Waals surface area contributed by atoms with Gasteiger partial charge >= 0.3 is 0 Å². The molecule has 1 aromatic rings. The maximum absolute atomic E-state index is 11.2. The van der Waals surface area contributed by atoms with E-state index in [4.69, 9.17) is 15.1 Å². The summed E-state index contributed by atoms with van der Waals surface area (Å²) < 4.78 is 5.34. The van der Waals surface area contributed by atoms with Gasteiger partial charge in [0.05, 0.1) is 12.7 Å². The molecule has 0 aliphatic heterocycles. The van der Waals surface area contributed by atoms with Crippen LogP contribution in [0.5, 0.6) is 5.75 Å². The van der Waals surface area contributed by atoms with Gasteiger partial charge in [-0.2, -0.15) is 5.26 Å². The van der Waals surface area contributed by atoms with Gasteiger partial charge in [-0.1, -0.05) is 18.2 Å². The van der Waals surface area contributed by atoms with Gasteiger partial charge in [0.25, 0.3) is 5.91 Å². The van der Waals surface area contributed by atoms with Gasteiger partial charge in [-0.3, -0.25) is 4.79 Å². The Morgan fingerprint density at radius 3 is 3.00 bits per heavy atom. The summed E-state index contributed by atoms with van der Waals surface area (Å²) in [7, 11) is 0. The van der Waals surface area contributed by atoms with Crippen molar-refractivity contribution in [3.05, 3.63) is 29.3 Å². The third kappa shape index (κ3) is 3.78. The van der Waals surface area contributed by atoms with Crippen molar-refractivity contribution in [2.24, 2.45) is 0 Å². The van der Waals surface area contributed by atoms with Crippen LogP contribution in [0.4, 0.5) is 0 Å². The second-order valence-corrected chi connectivity index (χ2v) is 3.44. The maximum Gasteiger partial charge on any atom is 0.258 e. The van der Waals surface area contributed by atoms with Gasteiger partial charge in [0, 0.05) is 5.56 Å². The zero-order valence-corrected chi connectivity index (χ0v) is 9.56. The summed E-state index contributed by atoms with van der Waals surface area (Å²) >= 11 is 0. The third-order valence-corrected chi connectivity index (χ3v) is 2.18. The van der Waals surface area contributed by atoms with Crippen LogP contribution >= 0.6 is 0 Å². The summed E-state index contributed by atoms with van der Waals surface area (Å²) in [6.07, 6.45) is 0. The molecule has 0 heterocycles. The summed E-state index contributed by atoms with van der Waals surface area (Å²) in [6.45, 7) is 1.49. The molecule has 1 amide bonds. The van der Waals surface area contributed by atoms with Crippen LogP contribution in [0.2, 0.25) is 0 Å².